The highest BCUT2D eigenvalue weighted by Gasteiger charge is 2.15. The molecular formula is C17H14FN3O3. The molecule has 1 N–H and O–H groups in total. The van der Waals surface area contributed by atoms with E-state index < -0.39 is 11.8 Å². The van der Waals surface area contributed by atoms with Gasteiger partial charge in [0, 0.05) is 11.8 Å². The Morgan fingerprint density at radius 2 is 2.21 bits per heavy atom. The van der Waals surface area contributed by atoms with Gasteiger partial charge in [0.2, 0.25) is 0 Å². The molecule has 0 saturated heterocycles. The molecule has 24 heavy (non-hydrogen) atoms. The van der Waals surface area contributed by atoms with Crippen LogP contribution >= 0.6 is 0 Å². The van der Waals surface area contributed by atoms with Crippen molar-refractivity contribution < 1.29 is 19.0 Å². The van der Waals surface area contributed by atoms with Crippen molar-refractivity contribution >= 4 is 23.8 Å². The van der Waals surface area contributed by atoms with Gasteiger partial charge in [0.15, 0.2) is 5.65 Å². The van der Waals surface area contributed by atoms with E-state index in [2.05, 4.69) is 10.1 Å². The number of esters is 1. The Bertz CT molecular complexity index is 934. The molecule has 0 amide bonds. The number of halogens is 1. The van der Waals surface area contributed by atoms with Gasteiger partial charge in [0.05, 0.1) is 18.5 Å². The number of rotatable bonds is 4. The monoisotopic (exact) mass is 327 g/mol. The van der Waals surface area contributed by atoms with Crippen molar-refractivity contribution in [3.05, 3.63) is 59.3 Å². The van der Waals surface area contributed by atoms with E-state index in [1.165, 1.54) is 35.0 Å². The van der Waals surface area contributed by atoms with Crippen LogP contribution in [-0.4, -0.2) is 32.3 Å². The number of phenolic OH excluding ortho intramolecular Hbond substituents is 1. The maximum absolute atomic E-state index is 13.2. The summed E-state index contributed by atoms with van der Waals surface area (Å²) in [4.78, 5) is 16.2. The van der Waals surface area contributed by atoms with Gasteiger partial charge < -0.3 is 9.84 Å². The molecule has 0 aliphatic carbocycles. The SMILES string of the molecule is CCOC(=O)c1cnn2ccc(/C=C/c3cc(F)ccc3O)nc12. The fraction of sp³-hybridized carbons (Fsp3) is 0.118. The maximum Gasteiger partial charge on any atom is 0.343 e. The number of phenols is 1. The molecule has 3 rings (SSSR count). The van der Waals surface area contributed by atoms with Gasteiger partial charge >= 0.3 is 5.97 Å². The van der Waals surface area contributed by atoms with Crippen LogP contribution in [0.2, 0.25) is 0 Å². The molecule has 0 unspecified atom stereocenters. The second kappa shape index (κ2) is 6.49. The lowest BCUT2D eigenvalue weighted by atomic mass is 10.1. The molecule has 122 valence electrons. The van der Waals surface area contributed by atoms with E-state index in [4.69, 9.17) is 4.74 Å². The summed E-state index contributed by atoms with van der Waals surface area (Å²) in [6.07, 6.45) is 6.19. The molecule has 0 fully saturated rings. The second-order valence-corrected chi connectivity index (χ2v) is 4.94. The molecule has 3 aromatic rings. The highest BCUT2D eigenvalue weighted by Crippen LogP contribution is 2.20. The van der Waals surface area contributed by atoms with E-state index >= 15 is 0 Å². The van der Waals surface area contributed by atoms with Gasteiger partial charge in [-0.2, -0.15) is 5.10 Å². The fourth-order valence-electron chi connectivity index (χ4n) is 2.16. The smallest absolute Gasteiger partial charge is 0.343 e. The van der Waals surface area contributed by atoms with Gasteiger partial charge in [-0.25, -0.2) is 18.7 Å². The van der Waals surface area contributed by atoms with Crippen LogP contribution in [0.25, 0.3) is 17.8 Å². The van der Waals surface area contributed by atoms with Crippen molar-refractivity contribution in [1.29, 1.82) is 0 Å². The summed E-state index contributed by atoms with van der Waals surface area (Å²) in [5.41, 5.74) is 1.48. The van der Waals surface area contributed by atoms with E-state index in [1.807, 2.05) is 0 Å². The molecule has 0 spiro atoms. The zero-order valence-electron chi connectivity index (χ0n) is 12.8. The van der Waals surface area contributed by atoms with E-state index in [0.29, 0.717) is 16.9 Å². The fourth-order valence-corrected chi connectivity index (χ4v) is 2.16. The predicted octanol–water partition coefficient (Wildman–Crippen LogP) is 2.92. The normalized spacial score (nSPS) is 11.2. The minimum Gasteiger partial charge on any atom is -0.507 e. The van der Waals surface area contributed by atoms with Crippen molar-refractivity contribution in [2.24, 2.45) is 0 Å². The molecule has 7 heteroatoms. The first-order valence-corrected chi connectivity index (χ1v) is 7.26. The molecular weight excluding hydrogens is 313 g/mol. The summed E-state index contributed by atoms with van der Waals surface area (Å²) in [7, 11) is 0. The number of benzene rings is 1. The summed E-state index contributed by atoms with van der Waals surface area (Å²) in [5, 5.41) is 13.8. The molecule has 0 radical (unpaired) electrons. The van der Waals surface area contributed by atoms with E-state index in [9.17, 15) is 14.3 Å². The van der Waals surface area contributed by atoms with Crippen LogP contribution in [0, 0.1) is 5.82 Å². The number of nitrogens with zero attached hydrogens (tertiary/aromatic N) is 3. The number of carbonyl (C=O) groups excluding carboxylic acids is 1. The Morgan fingerprint density at radius 3 is 3.00 bits per heavy atom. The molecule has 1 aromatic carbocycles. The summed E-state index contributed by atoms with van der Waals surface area (Å²) < 4.78 is 19.7. The highest BCUT2D eigenvalue weighted by molar-refractivity contribution is 5.95. The zero-order chi connectivity index (χ0) is 17.1. The number of hydrogen-bond acceptors (Lipinski definition) is 5. The van der Waals surface area contributed by atoms with Gasteiger partial charge in [0.25, 0.3) is 0 Å². The topological polar surface area (TPSA) is 76.7 Å². The van der Waals surface area contributed by atoms with Crippen molar-refractivity contribution in [2.75, 3.05) is 6.61 Å². The van der Waals surface area contributed by atoms with Crippen LogP contribution < -0.4 is 0 Å². The maximum atomic E-state index is 13.2. The summed E-state index contributed by atoms with van der Waals surface area (Å²) in [5.74, 6) is -0.981. The van der Waals surface area contributed by atoms with Crippen LogP contribution in [-0.2, 0) is 4.74 Å². The van der Waals surface area contributed by atoms with E-state index in [0.717, 1.165) is 0 Å². The second-order valence-electron chi connectivity index (χ2n) is 4.94. The molecule has 0 aliphatic rings. The summed E-state index contributed by atoms with van der Waals surface area (Å²) >= 11 is 0. The molecule has 0 atom stereocenters. The van der Waals surface area contributed by atoms with Crippen molar-refractivity contribution in [2.45, 2.75) is 6.92 Å². The Balaban J connectivity index is 1.95. The number of aromatic nitrogens is 3. The summed E-state index contributed by atoms with van der Waals surface area (Å²) in [6, 6.07) is 5.35. The third-order valence-corrected chi connectivity index (χ3v) is 3.31. The number of carbonyl (C=O) groups is 1. The van der Waals surface area contributed by atoms with Crippen LogP contribution in [0.15, 0.2) is 36.7 Å². The van der Waals surface area contributed by atoms with Gasteiger partial charge in [-0.1, -0.05) is 0 Å². The minimum atomic E-state index is -0.496. The Labute approximate surface area is 136 Å². The first-order chi connectivity index (χ1) is 11.6. The average molecular weight is 327 g/mol. The third-order valence-electron chi connectivity index (χ3n) is 3.31. The number of aromatic hydroxyl groups is 1. The van der Waals surface area contributed by atoms with E-state index in [1.54, 1.807) is 25.3 Å². The van der Waals surface area contributed by atoms with Gasteiger partial charge in [0.1, 0.15) is 17.1 Å². The average Bonchev–Trinajstić information content (AvgIpc) is 2.99. The largest absolute Gasteiger partial charge is 0.507 e. The summed E-state index contributed by atoms with van der Waals surface area (Å²) in [6.45, 7) is 1.98. The standard InChI is InChI=1S/C17H14FN3O3/c1-2-24-17(23)14-10-19-21-8-7-13(20-16(14)21)5-3-11-9-12(18)4-6-15(11)22/h3-10,22H,2H2,1H3/b5-3+. The molecule has 2 heterocycles. The van der Waals surface area contributed by atoms with Crippen LogP contribution in [0.1, 0.15) is 28.5 Å². The zero-order valence-corrected chi connectivity index (χ0v) is 12.8. The molecule has 6 nitrogen and oxygen atoms in total. The van der Waals surface area contributed by atoms with Crippen molar-refractivity contribution in [3.8, 4) is 5.75 Å². The third kappa shape index (κ3) is 3.10. The lowest BCUT2D eigenvalue weighted by molar-refractivity contribution is 0.0528. The van der Waals surface area contributed by atoms with Crippen LogP contribution in [0.5, 0.6) is 5.75 Å². The van der Waals surface area contributed by atoms with Gasteiger partial charge in [-0.05, 0) is 43.3 Å². The van der Waals surface area contributed by atoms with Gasteiger partial charge in [-0.15, -0.1) is 0 Å². The molecule has 2 aromatic heterocycles. The van der Waals surface area contributed by atoms with E-state index in [-0.39, 0.29) is 17.9 Å². The Hall–Kier alpha value is -3.22. The Kier molecular flexibility index (Phi) is 4.24. The Morgan fingerprint density at radius 1 is 1.38 bits per heavy atom. The predicted molar refractivity (Wildman–Crippen MR) is 85.9 cm³/mol. The van der Waals surface area contributed by atoms with Gasteiger partial charge in [-0.3, -0.25) is 0 Å². The lowest BCUT2D eigenvalue weighted by Crippen LogP contribution is -2.05. The number of hydrogen-bond donors (Lipinski definition) is 1. The first-order valence-electron chi connectivity index (χ1n) is 7.26. The van der Waals surface area contributed by atoms with Crippen LogP contribution in [0.4, 0.5) is 4.39 Å². The minimum absolute atomic E-state index is 0.0368. The van der Waals surface area contributed by atoms with Crippen molar-refractivity contribution in [3.63, 3.8) is 0 Å². The highest BCUT2D eigenvalue weighted by atomic mass is 19.1. The molecule has 0 aliphatic heterocycles. The van der Waals surface area contributed by atoms with Crippen LogP contribution in [0.3, 0.4) is 0 Å². The lowest BCUT2D eigenvalue weighted by Gasteiger charge is -2.01. The molecule has 0 saturated carbocycles. The number of ether oxygens (including phenoxy) is 1. The quantitative estimate of drug-likeness (QED) is 0.746. The molecule has 0 bridgehead atoms. The first kappa shape index (κ1) is 15.7. The van der Waals surface area contributed by atoms with Crippen molar-refractivity contribution in [1.82, 2.24) is 14.6 Å². The number of fused-ring (bicyclic) bond motifs is 1.